The Morgan fingerprint density at radius 1 is 1.50 bits per heavy atom. The SMILES string of the molecule is CNCC1CCCCN1c1ncccc1C. The van der Waals surface area contributed by atoms with Gasteiger partial charge in [0, 0.05) is 25.3 Å². The number of nitrogens with zero attached hydrogens (tertiary/aromatic N) is 2. The Morgan fingerprint density at radius 2 is 2.38 bits per heavy atom. The number of aromatic nitrogens is 1. The molecule has 0 aliphatic carbocycles. The van der Waals surface area contributed by atoms with Crippen LogP contribution < -0.4 is 10.2 Å². The molecule has 0 bridgehead atoms. The van der Waals surface area contributed by atoms with Gasteiger partial charge >= 0.3 is 0 Å². The van der Waals surface area contributed by atoms with Gasteiger partial charge < -0.3 is 10.2 Å². The summed E-state index contributed by atoms with van der Waals surface area (Å²) in [7, 11) is 2.03. The van der Waals surface area contributed by atoms with E-state index >= 15 is 0 Å². The first-order chi connectivity index (χ1) is 7.83. The smallest absolute Gasteiger partial charge is 0.131 e. The Bertz CT molecular complexity index is 336. The largest absolute Gasteiger partial charge is 0.352 e. The van der Waals surface area contributed by atoms with Gasteiger partial charge in [0.15, 0.2) is 0 Å². The fourth-order valence-electron chi connectivity index (χ4n) is 2.51. The van der Waals surface area contributed by atoms with Crippen molar-refractivity contribution < 1.29 is 0 Å². The molecule has 2 rings (SSSR count). The van der Waals surface area contributed by atoms with Gasteiger partial charge in [0.2, 0.25) is 0 Å². The maximum atomic E-state index is 4.53. The monoisotopic (exact) mass is 219 g/mol. The summed E-state index contributed by atoms with van der Waals surface area (Å²) >= 11 is 0. The summed E-state index contributed by atoms with van der Waals surface area (Å²) in [6, 6.07) is 4.76. The summed E-state index contributed by atoms with van der Waals surface area (Å²) in [5, 5.41) is 3.29. The number of likely N-dealkylation sites (N-methyl/N-ethyl adjacent to an activating group) is 1. The van der Waals surface area contributed by atoms with Crippen LogP contribution in [0.1, 0.15) is 24.8 Å². The zero-order valence-electron chi connectivity index (χ0n) is 10.2. The van der Waals surface area contributed by atoms with Crippen molar-refractivity contribution >= 4 is 5.82 Å². The Kier molecular flexibility index (Phi) is 3.78. The summed E-state index contributed by atoms with van der Waals surface area (Å²) in [5.41, 5.74) is 1.28. The molecule has 0 saturated carbocycles. The summed E-state index contributed by atoms with van der Waals surface area (Å²) in [6.45, 7) is 4.34. The minimum Gasteiger partial charge on any atom is -0.352 e. The first-order valence-electron chi connectivity index (χ1n) is 6.16. The standard InChI is InChI=1S/C13H21N3/c1-11-6-5-8-15-13(11)16-9-4-3-7-12(16)10-14-2/h5-6,8,12,14H,3-4,7,9-10H2,1-2H3. The van der Waals surface area contributed by atoms with E-state index in [1.54, 1.807) is 0 Å². The molecule has 1 aromatic rings. The second-order valence-corrected chi connectivity index (χ2v) is 4.54. The van der Waals surface area contributed by atoms with Crippen molar-refractivity contribution in [3.05, 3.63) is 23.9 Å². The maximum Gasteiger partial charge on any atom is 0.131 e. The summed E-state index contributed by atoms with van der Waals surface area (Å²) in [4.78, 5) is 7.00. The van der Waals surface area contributed by atoms with Gasteiger partial charge in [-0.3, -0.25) is 0 Å². The molecule has 1 aromatic heterocycles. The molecule has 88 valence electrons. The van der Waals surface area contributed by atoms with E-state index in [1.165, 1.54) is 30.6 Å². The van der Waals surface area contributed by atoms with Crippen LogP contribution in [0.15, 0.2) is 18.3 Å². The van der Waals surface area contributed by atoms with E-state index < -0.39 is 0 Å². The van der Waals surface area contributed by atoms with Crippen molar-refractivity contribution in [1.29, 1.82) is 0 Å². The van der Waals surface area contributed by atoms with Crippen molar-refractivity contribution in [3.63, 3.8) is 0 Å². The van der Waals surface area contributed by atoms with Gasteiger partial charge in [0.05, 0.1) is 0 Å². The van der Waals surface area contributed by atoms with Gasteiger partial charge in [-0.05, 0) is 44.9 Å². The lowest BCUT2D eigenvalue weighted by Crippen LogP contribution is -2.45. The molecule has 0 amide bonds. The van der Waals surface area contributed by atoms with Crippen LogP contribution in [0.5, 0.6) is 0 Å². The second kappa shape index (κ2) is 5.30. The molecule has 1 aliphatic rings. The van der Waals surface area contributed by atoms with Crippen molar-refractivity contribution in [3.8, 4) is 0 Å². The third-order valence-electron chi connectivity index (χ3n) is 3.32. The molecule has 16 heavy (non-hydrogen) atoms. The van der Waals surface area contributed by atoms with E-state index in [0.717, 1.165) is 13.1 Å². The van der Waals surface area contributed by atoms with E-state index in [1.807, 2.05) is 19.3 Å². The van der Waals surface area contributed by atoms with Gasteiger partial charge in [-0.2, -0.15) is 0 Å². The van der Waals surface area contributed by atoms with E-state index in [4.69, 9.17) is 0 Å². The van der Waals surface area contributed by atoms with Crippen molar-refractivity contribution in [2.45, 2.75) is 32.2 Å². The van der Waals surface area contributed by atoms with Gasteiger partial charge in [-0.25, -0.2) is 4.98 Å². The predicted molar refractivity (Wildman–Crippen MR) is 67.9 cm³/mol. The van der Waals surface area contributed by atoms with Gasteiger partial charge in [-0.1, -0.05) is 6.07 Å². The highest BCUT2D eigenvalue weighted by Crippen LogP contribution is 2.25. The average Bonchev–Trinajstić information content (AvgIpc) is 2.31. The van der Waals surface area contributed by atoms with E-state index in [9.17, 15) is 0 Å². The number of pyridine rings is 1. The fourth-order valence-corrected chi connectivity index (χ4v) is 2.51. The van der Waals surface area contributed by atoms with Crippen LogP contribution in [0.4, 0.5) is 5.82 Å². The molecule has 1 unspecified atom stereocenters. The molecule has 0 aromatic carbocycles. The number of aryl methyl sites for hydroxylation is 1. The zero-order valence-corrected chi connectivity index (χ0v) is 10.2. The lowest BCUT2D eigenvalue weighted by Gasteiger charge is -2.37. The van der Waals surface area contributed by atoms with Crippen molar-refractivity contribution in [2.75, 3.05) is 25.0 Å². The molecule has 0 spiro atoms. The Labute approximate surface area is 97.9 Å². The van der Waals surface area contributed by atoms with Gasteiger partial charge in [0.1, 0.15) is 5.82 Å². The topological polar surface area (TPSA) is 28.2 Å². The third-order valence-corrected chi connectivity index (χ3v) is 3.32. The molecular formula is C13H21N3. The molecule has 1 N–H and O–H groups in total. The van der Waals surface area contributed by atoms with Crippen molar-refractivity contribution in [2.24, 2.45) is 0 Å². The van der Waals surface area contributed by atoms with Gasteiger partial charge in [-0.15, -0.1) is 0 Å². The summed E-state index contributed by atoms with van der Waals surface area (Å²) < 4.78 is 0. The highest BCUT2D eigenvalue weighted by atomic mass is 15.2. The Hall–Kier alpha value is -1.09. The fraction of sp³-hybridized carbons (Fsp3) is 0.615. The van der Waals surface area contributed by atoms with Crippen LogP contribution in [0, 0.1) is 6.92 Å². The van der Waals surface area contributed by atoms with E-state index in [0.29, 0.717) is 6.04 Å². The van der Waals surface area contributed by atoms with Crippen LogP contribution in [0.3, 0.4) is 0 Å². The molecule has 1 saturated heterocycles. The predicted octanol–water partition coefficient (Wildman–Crippen LogP) is 1.97. The summed E-state index contributed by atoms with van der Waals surface area (Å²) in [5.74, 6) is 1.17. The average molecular weight is 219 g/mol. The maximum absolute atomic E-state index is 4.53. The highest BCUT2D eigenvalue weighted by Gasteiger charge is 2.23. The molecule has 2 heterocycles. The zero-order chi connectivity index (χ0) is 11.4. The Morgan fingerprint density at radius 3 is 3.12 bits per heavy atom. The lowest BCUT2D eigenvalue weighted by molar-refractivity contribution is 0.443. The number of hydrogen-bond acceptors (Lipinski definition) is 3. The van der Waals surface area contributed by atoms with Crippen LogP contribution >= 0.6 is 0 Å². The molecule has 0 radical (unpaired) electrons. The first kappa shape index (κ1) is 11.4. The molecule has 1 aliphatic heterocycles. The Balaban J connectivity index is 2.19. The third kappa shape index (κ3) is 2.35. The van der Waals surface area contributed by atoms with Crippen LogP contribution in [-0.2, 0) is 0 Å². The van der Waals surface area contributed by atoms with Crippen molar-refractivity contribution in [1.82, 2.24) is 10.3 Å². The van der Waals surface area contributed by atoms with E-state index in [2.05, 4.69) is 28.2 Å². The number of anilines is 1. The minimum absolute atomic E-state index is 0.604. The van der Waals surface area contributed by atoms with E-state index in [-0.39, 0.29) is 0 Å². The first-order valence-corrected chi connectivity index (χ1v) is 6.16. The summed E-state index contributed by atoms with van der Waals surface area (Å²) in [6.07, 6.45) is 5.80. The minimum atomic E-state index is 0.604. The number of hydrogen-bond donors (Lipinski definition) is 1. The van der Waals surface area contributed by atoms with Crippen LogP contribution in [0.25, 0.3) is 0 Å². The van der Waals surface area contributed by atoms with Crippen LogP contribution in [0.2, 0.25) is 0 Å². The number of nitrogens with one attached hydrogen (secondary N) is 1. The quantitative estimate of drug-likeness (QED) is 0.842. The molecule has 3 heteroatoms. The normalized spacial score (nSPS) is 21.1. The molecular weight excluding hydrogens is 198 g/mol. The lowest BCUT2D eigenvalue weighted by atomic mass is 10.0. The van der Waals surface area contributed by atoms with Gasteiger partial charge in [0.25, 0.3) is 0 Å². The number of rotatable bonds is 3. The number of piperidine rings is 1. The highest BCUT2D eigenvalue weighted by molar-refractivity contribution is 5.47. The molecule has 1 fully saturated rings. The molecule has 3 nitrogen and oxygen atoms in total. The second-order valence-electron chi connectivity index (χ2n) is 4.54. The van der Waals surface area contributed by atoms with Crippen LogP contribution in [-0.4, -0.2) is 31.2 Å². The molecule has 1 atom stereocenters.